The molecule has 1 spiro atoms. The molecule has 8 heteroatoms. The summed E-state index contributed by atoms with van der Waals surface area (Å²) in [6, 6.07) is 10.9. The molecule has 2 aromatic rings. The first-order chi connectivity index (χ1) is 15.6. The molecular formula is C24H24N2O6. The lowest BCUT2D eigenvalue weighted by molar-refractivity contribution is -0.122. The highest BCUT2D eigenvalue weighted by molar-refractivity contribution is 6.03. The Labute approximate surface area is 185 Å². The van der Waals surface area contributed by atoms with Crippen LogP contribution in [0.25, 0.3) is 0 Å². The number of nitrogens with zero attached hydrogens (tertiary/aromatic N) is 1. The van der Waals surface area contributed by atoms with E-state index >= 15 is 0 Å². The zero-order valence-electron chi connectivity index (χ0n) is 17.6. The molecule has 3 heterocycles. The molecule has 0 aromatic heterocycles. The van der Waals surface area contributed by atoms with Crippen LogP contribution in [0.15, 0.2) is 36.4 Å². The average molecular weight is 436 g/mol. The number of hydrogen-bond donors (Lipinski definition) is 1. The van der Waals surface area contributed by atoms with Crippen molar-refractivity contribution < 1.29 is 28.5 Å². The zero-order valence-corrected chi connectivity index (χ0v) is 17.6. The van der Waals surface area contributed by atoms with Crippen molar-refractivity contribution in [2.75, 3.05) is 30.0 Å². The summed E-state index contributed by atoms with van der Waals surface area (Å²) in [4.78, 5) is 27.2. The van der Waals surface area contributed by atoms with Crippen LogP contribution in [0.4, 0.5) is 11.4 Å². The van der Waals surface area contributed by atoms with Gasteiger partial charge in [0.15, 0.2) is 23.0 Å². The van der Waals surface area contributed by atoms with Crippen molar-refractivity contribution in [3.05, 3.63) is 36.4 Å². The second-order valence-corrected chi connectivity index (χ2v) is 8.71. The maximum atomic E-state index is 12.9. The first kappa shape index (κ1) is 19.3. The van der Waals surface area contributed by atoms with Crippen LogP contribution < -0.4 is 29.2 Å². The molecule has 0 unspecified atom stereocenters. The molecule has 3 aliphatic heterocycles. The number of carbonyl (C=O) groups is 2. The summed E-state index contributed by atoms with van der Waals surface area (Å²) in [5.41, 5.74) is 1.34. The number of hydrogen-bond acceptors (Lipinski definition) is 6. The SMILES string of the molecule is O=C(Nc1ccc2c(c1)OC1(CCCC1)O2)[C@@H]1CC(=O)N(c2ccc3c(c2)OCCO3)C1. The van der Waals surface area contributed by atoms with E-state index in [1.54, 1.807) is 23.1 Å². The van der Waals surface area contributed by atoms with E-state index in [2.05, 4.69) is 5.32 Å². The Balaban J connectivity index is 1.13. The van der Waals surface area contributed by atoms with Crippen LogP contribution in [0, 0.1) is 5.92 Å². The number of fused-ring (bicyclic) bond motifs is 2. The van der Waals surface area contributed by atoms with Crippen molar-refractivity contribution in [2.24, 2.45) is 5.92 Å². The normalized spacial score (nSPS) is 22.4. The molecule has 1 saturated carbocycles. The van der Waals surface area contributed by atoms with Gasteiger partial charge in [0.2, 0.25) is 11.8 Å². The van der Waals surface area contributed by atoms with Gasteiger partial charge >= 0.3 is 0 Å². The molecule has 1 atom stereocenters. The third-order valence-corrected chi connectivity index (χ3v) is 6.50. The molecule has 1 N–H and O–H groups in total. The van der Waals surface area contributed by atoms with Gasteiger partial charge in [0.05, 0.1) is 5.92 Å². The van der Waals surface area contributed by atoms with Gasteiger partial charge in [-0.3, -0.25) is 9.59 Å². The van der Waals surface area contributed by atoms with Crippen molar-refractivity contribution >= 4 is 23.2 Å². The molecule has 8 nitrogen and oxygen atoms in total. The van der Waals surface area contributed by atoms with Crippen LogP contribution in [0.1, 0.15) is 32.1 Å². The minimum atomic E-state index is -0.535. The molecule has 6 rings (SSSR count). The van der Waals surface area contributed by atoms with Gasteiger partial charge < -0.3 is 29.2 Å². The lowest BCUT2D eigenvalue weighted by Crippen LogP contribution is -2.34. The monoisotopic (exact) mass is 436 g/mol. The molecule has 2 fully saturated rings. The summed E-state index contributed by atoms with van der Waals surface area (Å²) in [5.74, 6) is 1.41. The highest BCUT2D eigenvalue weighted by Crippen LogP contribution is 2.47. The summed E-state index contributed by atoms with van der Waals surface area (Å²) in [5, 5.41) is 2.94. The summed E-state index contributed by atoms with van der Waals surface area (Å²) in [6.45, 7) is 1.31. The fourth-order valence-corrected chi connectivity index (χ4v) is 4.87. The van der Waals surface area contributed by atoms with Crippen molar-refractivity contribution in [3.63, 3.8) is 0 Å². The molecule has 0 bridgehead atoms. The van der Waals surface area contributed by atoms with E-state index in [0.717, 1.165) is 25.7 Å². The summed E-state index contributed by atoms with van der Waals surface area (Å²) in [6.07, 6.45) is 4.10. The van der Waals surface area contributed by atoms with E-state index in [4.69, 9.17) is 18.9 Å². The standard InChI is InChI=1S/C24H24N2O6/c27-22-11-15(14-26(22)17-4-6-18-20(13-17)30-10-9-29-18)23(28)25-16-3-5-19-21(12-16)32-24(31-19)7-1-2-8-24/h3-6,12-13,15H,1-2,7-11,14H2,(H,25,28)/t15-/m1/s1. The molecular weight excluding hydrogens is 412 g/mol. The van der Waals surface area contributed by atoms with E-state index < -0.39 is 11.7 Å². The van der Waals surface area contributed by atoms with Crippen LogP contribution in [-0.4, -0.2) is 37.4 Å². The number of nitrogens with one attached hydrogen (secondary N) is 1. The highest BCUT2D eigenvalue weighted by Gasteiger charge is 2.44. The number of ether oxygens (including phenoxy) is 4. The van der Waals surface area contributed by atoms with E-state index in [-0.39, 0.29) is 18.2 Å². The Hall–Kier alpha value is -3.42. The number of amides is 2. The van der Waals surface area contributed by atoms with E-state index in [1.165, 1.54) is 0 Å². The lowest BCUT2D eigenvalue weighted by Gasteiger charge is -2.22. The second kappa shape index (κ2) is 7.32. The summed E-state index contributed by atoms with van der Waals surface area (Å²) in [7, 11) is 0. The zero-order chi connectivity index (χ0) is 21.7. The van der Waals surface area contributed by atoms with Crippen molar-refractivity contribution in [3.8, 4) is 23.0 Å². The van der Waals surface area contributed by atoms with E-state index in [1.807, 2.05) is 18.2 Å². The largest absolute Gasteiger partial charge is 0.486 e. The maximum Gasteiger partial charge on any atom is 0.251 e. The van der Waals surface area contributed by atoms with E-state index in [9.17, 15) is 9.59 Å². The molecule has 1 saturated heterocycles. The first-order valence-corrected chi connectivity index (χ1v) is 11.1. The third-order valence-electron chi connectivity index (χ3n) is 6.50. The third kappa shape index (κ3) is 3.30. The van der Waals surface area contributed by atoms with Gasteiger partial charge in [-0.1, -0.05) is 0 Å². The Morgan fingerprint density at radius 3 is 2.53 bits per heavy atom. The van der Waals surface area contributed by atoms with Gasteiger partial charge in [0, 0.05) is 49.3 Å². The van der Waals surface area contributed by atoms with Gasteiger partial charge in [-0.25, -0.2) is 0 Å². The van der Waals surface area contributed by atoms with Gasteiger partial charge in [-0.2, -0.15) is 0 Å². The fraction of sp³-hybridized carbons (Fsp3) is 0.417. The lowest BCUT2D eigenvalue weighted by atomic mass is 10.1. The van der Waals surface area contributed by atoms with Gasteiger partial charge in [0.25, 0.3) is 5.79 Å². The molecule has 2 aromatic carbocycles. The predicted molar refractivity (Wildman–Crippen MR) is 115 cm³/mol. The van der Waals surface area contributed by atoms with Crippen molar-refractivity contribution in [2.45, 2.75) is 37.9 Å². The van der Waals surface area contributed by atoms with Gasteiger partial charge in [-0.15, -0.1) is 0 Å². The Morgan fingerprint density at radius 2 is 1.69 bits per heavy atom. The van der Waals surface area contributed by atoms with Gasteiger partial charge in [-0.05, 0) is 37.1 Å². The minimum absolute atomic E-state index is 0.0873. The van der Waals surface area contributed by atoms with Gasteiger partial charge in [0.1, 0.15) is 13.2 Å². The Morgan fingerprint density at radius 1 is 0.938 bits per heavy atom. The van der Waals surface area contributed by atoms with E-state index in [0.29, 0.717) is 54.1 Å². The first-order valence-electron chi connectivity index (χ1n) is 11.1. The Kier molecular flexibility index (Phi) is 4.41. The smallest absolute Gasteiger partial charge is 0.251 e. The minimum Gasteiger partial charge on any atom is -0.486 e. The average Bonchev–Trinajstić information content (AvgIpc) is 3.51. The molecule has 2 amide bonds. The van der Waals surface area contributed by atoms with Crippen molar-refractivity contribution in [1.29, 1.82) is 0 Å². The summed E-state index contributed by atoms with van der Waals surface area (Å²) < 4.78 is 23.3. The summed E-state index contributed by atoms with van der Waals surface area (Å²) >= 11 is 0. The predicted octanol–water partition coefficient (Wildman–Crippen LogP) is 3.49. The van der Waals surface area contributed by atoms with Crippen LogP contribution in [0.5, 0.6) is 23.0 Å². The van der Waals surface area contributed by atoms with Crippen LogP contribution in [-0.2, 0) is 9.59 Å². The molecule has 166 valence electrons. The number of carbonyl (C=O) groups excluding carboxylic acids is 2. The topological polar surface area (TPSA) is 86.3 Å². The fourth-order valence-electron chi connectivity index (χ4n) is 4.87. The Bertz CT molecular complexity index is 1090. The number of benzene rings is 2. The quantitative estimate of drug-likeness (QED) is 0.793. The molecule has 0 radical (unpaired) electrons. The second-order valence-electron chi connectivity index (χ2n) is 8.71. The molecule has 1 aliphatic carbocycles. The molecule has 4 aliphatic rings. The number of anilines is 2. The van der Waals surface area contributed by atoms with Crippen LogP contribution in [0.2, 0.25) is 0 Å². The molecule has 32 heavy (non-hydrogen) atoms. The maximum absolute atomic E-state index is 12.9. The van der Waals surface area contributed by atoms with Crippen molar-refractivity contribution in [1.82, 2.24) is 0 Å². The van der Waals surface area contributed by atoms with Crippen LogP contribution in [0.3, 0.4) is 0 Å². The highest BCUT2D eigenvalue weighted by atomic mass is 16.7. The number of rotatable bonds is 3. The van der Waals surface area contributed by atoms with Crippen LogP contribution >= 0.6 is 0 Å².